The maximum absolute atomic E-state index is 11.7. The zero-order valence-electron chi connectivity index (χ0n) is 11.2. The van der Waals surface area contributed by atoms with Gasteiger partial charge in [0.2, 0.25) is 0 Å². The van der Waals surface area contributed by atoms with Gasteiger partial charge in [-0.2, -0.15) is 0 Å². The minimum absolute atomic E-state index is 0.192. The van der Waals surface area contributed by atoms with E-state index in [1.54, 1.807) is 44.4 Å². The van der Waals surface area contributed by atoms with Crippen molar-refractivity contribution in [2.24, 2.45) is 0 Å². The molecule has 1 amide bonds. The highest BCUT2D eigenvalue weighted by Gasteiger charge is 2.34. The van der Waals surface area contributed by atoms with Crippen LogP contribution in [0.5, 0.6) is 5.75 Å². The predicted octanol–water partition coefficient (Wildman–Crippen LogP) is 1.61. The van der Waals surface area contributed by atoms with Crippen LogP contribution in [-0.2, 0) is 9.59 Å². The van der Waals surface area contributed by atoms with Gasteiger partial charge in [-0.1, -0.05) is 18.2 Å². The Morgan fingerprint density at radius 2 is 1.95 bits per heavy atom. The number of carbonyl (C=O) groups excluding carboxylic acids is 2. The molecule has 0 aliphatic carbocycles. The number of ketones is 1. The molecule has 1 atom stereocenters. The fourth-order valence-corrected chi connectivity index (χ4v) is 1.88. The number of methoxy groups -OCH3 is 1. The van der Waals surface area contributed by atoms with Crippen LogP contribution < -0.4 is 10.1 Å². The normalized spacial score (nSPS) is 21.2. The van der Waals surface area contributed by atoms with Gasteiger partial charge in [0, 0.05) is 0 Å². The Bertz CT molecular complexity index is 599. The molecule has 5 nitrogen and oxygen atoms in total. The third-order valence-electron chi connectivity index (χ3n) is 3.02. The molecule has 20 heavy (non-hydrogen) atoms. The van der Waals surface area contributed by atoms with Crippen LogP contribution in [0.3, 0.4) is 0 Å². The standard InChI is InChI=1S/C15H15NO4/c1-9-14(18)13(15(19)16-9)12(17)8-5-10-3-6-11(20-2)7-4-10/h3-9,17H,1-2H3,(H,16,19)/b8-5+,13-12-/t9-/m0/s1. The van der Waals surface area contributed by atoms with Crippen molar-refractivity contribution in [1.82, 2.24) is 5.32 Å². The van der Waals surface area contributed by atoms with Crippen molar-refractivity contribution in [2.45, 2.75) is 13.0 Å². The van der Waals surface area contributed by atoms with Crippen molar-refractivity contribution in [3.63, 3.8) is 0 Å². The summed E-state index contributed by atoms with van der Waals surface area (Å²) < 4.78 is 5.04. The predicted molar refractivity (Wildman–Crippen MR) is 74.3 cm³/mol. The van der Waals surface area contributed by atoms with Gasteiger partial charge in [-0.05, 0) is 30.7 Å². The summed E-state index contributed by atoms with van der Waals surface area (Å²) >= 11 is 0. The second kappa shape index (κ2) is 5.61. The molecule has 104 valence electrons. The molecule has 1 aromatic carbocycles. The summed E-state index contributed by atoms with van der Waals surface area (Å²) in [4.78, 5) is 23.2. The average molecular weight is 273 g/mol. The minimum atomic E-state index is -0.589. The van der Waals surface area contributed by atoms with E-state index in [1.165, 1.54) is 6.08 Å². The van der Waals surface area contributed by atoms with Crippen molar-refractivity contribution in [3.8, 4) is 5.75 Å². The van der Waals surface area contributed by atoms with Crippen molar-refractivity contribution < 1.29 is 19.4 Å². The van der Waals surface area contributed by atoms with E-state index >= 15 is 0 Å². The van der Waals surface area contributed by atoms with Crippen LogP contribution in [0.1, 0.15) is 12.5 Å². The Hall–Kier alpha value is -2.56. The summed E-state index contributed by atoms with van der Waals surface area (Å²) in [5.74, 6) is -0.539. The number of ether oxygens (including phenoxy) is 1. The molecule has 1 fully saturated rings. The fourth-order valence-electron chi connectivity index (χ4n) is 1.88. The van der Waals surface area contributed by atoms with Crippen molar-refractivity contribution in [1.29, 1.82) is 0 Å². The van der Waals surface area contributed by atoms with E-state index in [1.807, 2.05) is 0 Å². The molecule has 2 rings (SSSR count). The number of Topliss-reactive ketones (excluding diaryl/α,β-unsaturated/α-hetero) is 1. The van der Waals surface area contributed by atoms with Crippen LogP contribution in [0.4, 0.5) is 0 Å². The molecule has 0 radical (unpaired) electrons. The Morgan fingerprint density at radius 1 is 1.30 bits per heavy atom. The number of hydrogen-bond acceptors (Lipinski definition) is 4. The molecule has 0 spiro atoms. The van der Waals surface area contributed by atoms with Gasteiger partial charge in [0.25, 0.3) is 5.91 Å². The molecule has 1 aliphatic rings. The molecule has 1 aromatic rings. The van der Waals surface area contributed by atoms with Crippen LogP contribution in [-0.4, -0.2) is 29.9 Å². The number of allylic oxidation sites excluding steroid dienone is 1. The lowest BCUT2D eigenvalue weighted by Gasteiger charge is -1.99. The lowest BCUT2D eigenvalue weighted by molar-refractivity contribution is -0.117. The number of aliphatic hydroxyl groups excluding tert-OH is 1. The summed E-state index contributed by atoms with van der Waals surface area (Å²) in [6.07, 6.45) is 2.96. The minimum Gasteiger partial charge on any atom is -0.507 e. The van der Waals surface area contributed by atoms with Gasteiger partial charge in [-0.3, -0.25) is 9.59 Å². The average Bonchev–Trinajstić information content (AvgIpc) is 2.70. The van der Waals surface area contributed by atoms with E-state index in [-0.39, 0.29) is 11.3 Å². The molecule has 1 heterocycles. The SMILES string of the molecule is COc1ccc(/C=C/C(O)=C2/C(=O)N[C@@H](C)C2=O)cc1. The molecular formula is C15H15NO4. The summed E-state index contributed by atoms with van der Waals surface area (Å²) in [7, 11) is 1.58. The van der Waals surface area contributed by atoms with Crippen molar-refractivity contribution in [2.75, 3.05) is 7.11 Å². The molecule has 0 saturated carbocycles. The summed E-state index contributed by atoms with van der Waals surface area (Å²) in [5.41, 5.74) is 0.624. The maximum Gasteiger partial charge on any atom is 0.259 e. The first-order valence-corrected chi connectivity index (χ1v) is 6.13. The highest BCUT2D eigenvalue weighted by Crippen LogP contribution is 2.16. The molecule has 2 N–H and O–H groups in total. The van der Waals surface area contributed by atoms with Crippen LogP contribution in [0, 0.1) is 0 Å². The lowest BCUT2D eigenvalue weighted by atomic mass is 10.1. The van der Waals surface area contributed by atoms with Gasteiger partial charge in [-0.15, -0.1) is 0 Å². The first-order chi connectivity index (χ1) is 9.52. The highest BCUT2D eigenvalue weighted by molar-refractivity contribution is 6.27. The van der Waals surface area contributed by atoms with E-state index in [4.69, 9.17) is 4.74 Å². The Balaban J connectivity index is 2.21. The fraction of sp³-hybridized carbons (Fsp3) is 0.200. The molecule has 1 aliphatic heterocycles. The van der Waals surface area contributed by atoms with Crippen molar-refractivity contribution >= 4 is 17.8 Å². The second-order valence-corrected chi connectivity index (χ2v) is 4.43. The molecule has 1 saturated heterocycles. The van der Waals surface area contributed by atoms with E-state index < -0.39 is 17.7 Å². The van der Waals surface area contributed by atoms with Gasteiger partial charge in [-0.25, -0.2) is 0 Å². The molecule has 0 bridgehead atoms. The molecule has 0 aromatic heterocycles. The molecule has 0 unspecified atom stereocenters. The van der Waals surface area contributed by atoms with Gasteiger partial charge in [0.05, 0.1) is 13.2 Å². The quantitative estimate of drug-likeness (QED) is 0.498. The van der Waals surface area contributed by atoms with Crippen LogP contribution in [0.15, 0.2) is 41.7 Å². The number of amides is 1. The number of aliphatic hydroxyl groups is 1. The van der Waals surface area contributed by atoms with Crippen molar-refractivity contribution in [3.05, 3.63) is 47.2 Å². The third kappa shape index (κ3) is 2.71. The van der Waals surface area contributed by atoms with Crippen LogP contribution in [0.25, 0.3) is 6.08 Å². The Kier molecular flexibility index (Phi) is 3.89. The number of benzene rings is 1. The van der Waals surface area contributed by atoms with Crippen LogP contribution >= 0.6 is 0 Å². The van der Waals surface area contributed by atoms with E-state index in [0.29, 0.717) is 0 Å². The first-order valence-electron chi connectivity index (χ1n) is 6.13. The summed E-state index contributed by atoms with van der Waals surface area (Å²) in [6, 6.07) is 6.56. The van der Waals surface area contributed by atoms with Crippen LogP contribution in [0.2, 0.25) is 0 Å². The Labute approximate surface area is 116 Å². The van der Waals surface area contributed by atoms with Gasteiger partial charge in [0.1, 0.15) is 17.1 Å². The van der Waals surface area contributed by atoms with Gasteiger partial charge in [0.15, 0.2) is 5.78 Å². The number of hydrogen-bond donors (Lipinski definition) is 2. The first kappa shape index (κ1) is 13.9. The van der Waals surface area contributed by atoms with E-state index in [0.717, 1.165) is 11.3 Å². The van der Waals surface area contributed by atoms with E-state index in [9.17, 15) is 14.7 Å². The topological polar surface area (TPSA) is 75.6 Å². The summed E-state index contributed by atoms with van der Waals surface area (Å²) in [6.45, 7) is 1.58. The second-order valence-electron chi connectivity index (χ2n) is 4.43. The Morgan fingerprint density at radius 3 is 2.45 bits per heavy atom. The monoisotopic (exact) mass is 273 g/mol. The highest BCUT2D eigenvalue weighted by atomic mass is 16.5. The molecular weight excluding hydrogens is 258 g/mol. The maximum atomic E-state index is 11.7. The third-order valence-corrected chi connectivity index (χ3v) is 3.02. The van der Waals surface area contributed by atoms with E-state index in [2.05, 4.69) is 5.32 Å². The zero-order chi connectivity index (χ0) is 14.7. The number of rotatable bonds is 3. The lowest BCUT2D eigenvalue weighted by Crippen LogP contribution is -2.25. The number of carbonyl (C=O) groups is 2. The summed E-state index contributed by atoms with van der Waals surface area (Å²) in [5, 5.41) is 12.3. The molecule has 5 heteroatoms. The number of nitrogens with one attached hydrogen (secondary N) is 1. The van der Waals surface area contributed by atoms with Gasteiger partial charge >= 0.3 is 0 Å². The van der Waals surface area contributed by atoms with Gasteiger partial charge < -0.3 is 15.2 Å². The smallest absolute Gasteiger partial charge is 0.259 e. The largest absolute Gasteiger partial charge is 0.507 e. The zero-order valence-corrected chi connectivity index (χ0v) is 11.2.